The summed E-state index contributed by atoms with van der Waals surface area (Å²) in [5, 5.41) is 0. The molecule has 158 valence electrons. The number of halogens is 1. The number of hydrogen-bond donors (Lipinski definition) is 0. The molecule has 2 heterocycles. The highest BCUT2D eigenvalue weighted by Gasteiger charge is 2.31. The first-order valence-electron chi connectivity index (χ1n) is 9.02. The van der Waals surface area contributed by atoms with Crippen molar-refractivity contribution in [2.24, 2.45) is 5.92 Å². The average molecular weight is 452 g/mol. The maximum Gasteiger partial charge on any atom is 0.309 e. The number of hydrogen-bond acceptors (Lipinski definition) is 7. The SMILES string of the molecule is CCN(CC(=O)N1CCN(S(=O)(=O)c2ccc(Cl)s2)CC1)CC(C)C(=O)OC. The minimum Gasteiger partial charge on any atom is -0.469 e. The lowest BCUT2D eigenvalue weighted by molar-refractivity contribution is -0.146. The van der Waals surface area contributed by atoms with Gasteiger partial charge in [-0.3, -0.25) is 14.5 Å². The minimum atomic E-state index is -3.58. The molecular weight excluding hydrogens is 426 g/mol. The first-order chi connectivity index (χ1) is 13.2. The van der Waals surface area contributed by atoms with E-state index in [0.717, 1.165) is 11.3 Å². The van der Waals surface area contributed by atoms with Crippen LogP contribution in [0.3, 0.4) is 0 Å². The number of ether oxygens (including phenoxy) is 1. The van der Waals surface area contributed by atoms with E-state index in [0.29, 0.717) is 30.5 Å². The Labute approximate surface area is 175 Å². The molecule has 0 N–H and O–H groups in total. The number of carbonyl (C=O) groups excluding carboxylic acids is 2. The van der Waals surface area contributed by atoms with Gasteiger partial charge in [-0.1, -0.05) is 25.4 Å². The van der Waals surface area contributed by atoms with Crippen molar-refractivity contribution in [1.82, 2.24) is 14.1 Å². The van der Waals surface area contributed by atoms with Crippen LogP contribution in [-0.4, -0.2) is 87.3 Å². The number of nitrogens with zero attached hydrogens (tertiary/aromatic N) is 3. The van der Waals surface area contributed by atoms with Crippen molar-refractivity contribution in [1.29, 1.82) is 0 Å². The maximum atomic E-state index is 12.6. The average Bonchev–Trinajstić information content (AvgIpc) is 3.13. The smallest absolute Gasteiger partial charge is 0.309 e. The highest BCUT2D eigenvalue weighted by atomic mass is 35.5. The van der Waals surface area contributed by atoms with E-state index in [9.17, 15) is 18.0 Å². The Morgan fingerprint density at radius 3 is 2.43 bits per heavy atom. The summed E-state index contributed by atoms with van der Waals surface area (Å²) in [6.07, 6.45) is 0. The number of amides is 1. The van der Waals surface area contributed by atoms with Crippen LogP contribution in [0.4, 0.5) is 0 Å². The normalized spacial score (nSPS) is 17.0. The van der Waals surface area contributed by atoms with Crippen LogP contribution in [0.2, 0.25) is 4.34 Å². The Hall–Kier alpha value is -1.20. The van der Waals surface area contributed by atoms with Gasteiger partial charge in [0.1, 0.15) is 4.21 Å². The summed E-state index contributed by atoms with van der Waals surface area (Å²) in [4.78, 5) is 27.7. The number of piperazine rings is 1. The fourth-order valence-electron chi connectivity index (χ4n) is 3.00. The number of esters is 1. The quantitative estimate of drug-likeness (QED) is 0.555. The first kappa shape index (κ1) is 23.1. The Morgan fingerprint density at radius 1 is 1.29 bits per heavy atom. The molecule has 1 saturated heterocycles. The lowest BCUT2D eigenvalue weighted by atomic mass is 10.1. The predicted octanol–water partition coefficient (Wildman–Crippen LogP) is 1.37. The van der Waals surface area contributed by atoms with Crippen LogP contribution < -0.4 is 0 Å². The van der Waals surface area contributed by atoms with Gasteiger partial charge < -0.3 is 9.64 Å². The number of likely N-dealkylation sites (N-methyl/N-ethyl adjacent to an activating group) is 1. The molecule has 1 unspecified atom stereocenters. The van der Waals surface area contributed by atoms with Gasteiger partial charge in [-0.15, -0.1) is 11.3 Å². The van der Waals surface area contributed by atoms with Crippen molar-refractivity contribution < 1.29 is 22.7 Å². The van der Waals surface area contributed by atoms with Gasteiger partial charge in [-0.05, 0) is 18.7 Å². The molecule has 0 aliphatic carbocycles. The molecule has 1 aliphatic heterocycles. The van der Waals surface area contributed by atoms with Gasteiger partial charge in [0.25, 0.3) is 10.0 Å². The largest absolute Gasteiger partial charge is 0.469 e. The molecule has 1 aromatic rings. The standard InChI is InChI=1S/C17H26ClN3O5S2/c1-4-19(11-13(2)17(23)26-3)12-15(22)20-7-9-21(10-8-20)28(24,25)16-6-5-14(18)27-16/h5-6,13H,4,7-12H2,1-3H3. The summed E-state index contributed by atoms with van der Waals surface area (Å²) < 4.78 is 32.0. The Kier molecular flexibility index (Phi) is 8.26. The van der Waals surface area contributed by atoms with Crippen molar-refractivity contribution in [3.05, 3.63) is 16.5 Å². The number of carbonyl (C=O) groups is 2. The number of sulfonamides is 1. The molecule has 1 fully saturated rings. The van der Waals surface area contributed by atoms with Crippen LogP contribution in [0, 0.1) is 5.92 Å². The molecule has 0 bridgehead atoms. The molecule has 1 amide bonds. The molecule has 2 rings (SSSR count). The zero-order valence-electron chi connectivity index (χ0n) is 16.3. The third-order valence-electron chi connectivity index (χ3n) is 4.68. The number of thiophene rings is 1. The number of methoxy groups -OCH3 is 1. The van der Waals surface area contributed by atoms with Crippen LogP contribution in [0.1, 0.15) is 13.8 Å². The third-order valence-corrected chi connectivity index (χ3v) is 8.27. The van der Waals surface area contributed by atoms with Crippen molar-refractivity contribution in [3.8, 4) is 0 Å². The lowest BCUT2D eigenvalue weighted by Crippen LogP contribution is -2.52. The molecule has 11 heteroatoms. The summed E-state index contributed by atoms with van der Waals surface area (Å²) in [7, 11) is -2.23. The molecule has 1 atom stereocenters. The second kappa shape index (κ2) is 10.0. The van der Waals surface area contributed by atoms with Crippen molar-refractivity contribution in [2.45, 2.75) is 18.1 Å². The third kappa shape index (κ3) is 5.66. The topological polar surface area (TPSA) is 87.2 Å². The molecule has 1 aliphatic rings. The molecule has 0 spiro atoms. The Bertz CT molecular complexity index is 790. The van der Waals surface area contributed by atoms with Crippen LogP contribution in [0.25, 0.3) is 0 Å². The van der Waals surface area contributed by atoms with Crippen molar-refractivity contribution >= 4 is 44.8 Å². The molecular formula is C17H26ClN3O5S2. The van der Waals surface area contributed by atoms with Crippen LogP contribution >= 0.6 is 22.9 Å². The van der Waals surface area contributed by atoms with E-state index in [1.165, 1.54) is 17.5 Å². The van der Waals surface area contributed by atoms with E-state index < -0.39 is 10.0 Å². The highest BCUT2D eigenvalue weighted by Crippen LogP contribution is 2.28. The fourth-order valence-corrected chi connectivity index (χ4v) is 6.06. The Balaban J connectivity index is 1.89. The van der Waals surface area contributed by atoms with Crippen LogP contribution in [0.5, 0.6) is 0 Å². The maximum absolute atomic E-state index is 12.6. The molecule has 0 radical (unpaired) electrons. The fraction of sp³-hybridized carbons (Fsp3) is 0.647. The first-order valence-corrected chi connectivity index (χ1v) is 11.7. The Morgan fingerprint density at radius 2 is 1.93 bits per heavy atom. The van der Waals surface area contributed by atoms with Gasteiger partial charge in [-0.2, -0.15) is 4.31 Å². The van der Waals surface area contributed by atoms with Gasteiger partial charge in [0.15, 0.2) is 0 Å². The van der Waals surface area contributed by atoms with Gasteiger partial charge in [-0.25, -0.2) is 8.42 Å². The van der Waals surface area contributed by atoms with E-state index in [4.69, 9.17) is 16.3 Å². The predicted molar refractivity (Wildman–Crippen MR) is 108 cm³/mol. The number of rotatable bonds is 8. The lowest BCUT2D eigenvalue weighted by Gasteiger charge is -2.35. The summed E-state index contributed by atoms with van der Waals surface area (Å²) in [5.74, 6) is -0.703. The molecule has 0 saturated carbocycles. The van der Waals surface area contributed by atoms with Crippen molar-refractivity contribution in [3.63, 3.8) is 0 Å². The molecule has 0 aromatic carbocycles. The molecule has 1 aromatic heterocycles. The summed E-state index contributed by atoms with van der Waals surface area (Å²) in [5.41, 5.74) is 0. The van der Waals surface area contributed by atoms with Gasteiger partial charge in [0, 0.05) is 32.7 Å². The second-order valence-electron chi connectivity index (χ2n) is 6.60. The zero-order valence-corrected chi connectivity index (χ0v) is 18.6. The molecule has 8 nitrogen and oxygen atoms in total. The highest BCUT2D eigenvalue weighted by molar-refractivity contribution is 7.91. The zero-order chi connectivity index (χ0) is 20.9. The van der Waals surface area contributed by atoms with E-state index >= 15 is 0 Å². The second-order valence-corrected chi connectivity index (χ2v) is 10.5. The summed E-state index contributed by atoms with van der Waals surface area (Å²) in [6, 6.07) is 3.06. The van der Waals surface area contributed by atoms with E-state index in [1.807, 2.05) is 11.8 Å². The van der Waals surface area contributed by atoms with E-state index in [2.05, 4.69) is 0 Å². The monoisotopic (exact) mass is 451 g/mol. The van der Waals surface area contributed by atoms with Crippen LogP contribution in [0.15, 0.2) is 16.3 Å². The summed E-state index contributed by atoms with van der Waals surface area (Å²) in [6.45, 7) is 6.09. The van der Waals surface area contributed by atoms with Gasteiger partial charge in [0.2, 0.25) is 5.91 Å². The molecule has 28 heavy (non-hydrogen) atoms. The van der Waals surface area contributed by atoms with Gasteiger partial charge in [0.05, 0.1) is 23.9 Å². The van der Waals surface area contributed by atoms with Crippen LogP contribution in [-0.2, 0) is 24.3 Å². The van der Waals surface area contributed by atoms with Gasteiger partial charge >= 0.3 is 5.97 Å². The van der Waals surface area contributed by atoms with E-state index in [1.54, 1.807) is 17.9 Å². The van der Waals surface area contributed by atoms with E-state index in [-0.39, 0.29) is 41.6 Å². The van der Waals surface area contributed by atoms with Crippen molar-refractivity contribution in [2.75, 3.05) is 52.9 Å². The minimum absolute atomic E-state index is 0.0740. The summed E-state index contributed by atoms with van der Waals surface area (Å²) >= 11 is 6.87.